The lowest BCUT2D eigenvalue weighted by Gasteiger charge is -2.14. The van der Waals surface area contributed by atoms with Gasteiger partial charge in [-0.25, -0.2) is 0 Å². The van der Waals surface area contributed by atoms with Crippen LogP contribution >= 0.6 is 12.4 Å². The number of furan rings is 1. The number of halogens is 1. The second-order valence-corrected chi connectivity index (χ2v) is 5.04. The van der Waals surface area contributed by atoms with E-state index in [4.69, 9.17) is 10.2 Å². The maximum Gasteiger partial charge on any atom is 0.240 e. The zero-order valence-electron chi connectivity index (χ0n) is 10.7. The second kappa shape index (κ2) is 4.87. The van der Waals surface area contributed by atoms with Crippen molar-refractivity contribution in [2.75, 3.05) is 0 Å². The fraction of sp³-hybridized carbons (Fsp3) is 0.357. The summed E-state index contributed by atoms with van der Waals surface area (Å²) in [6.07, 6.45) is 1.54. The number of carbonyl (C=O) groups excluding carboxylic acids is 1. The van der Waals surface area contributed by atoms with Crippen LogP contribution in [0.2, 0.25) is 0 Å². The van der Waals surface area contributed by atoms with Gasteiger partial charge < -0.3 is 15.5 Å². The van der Waals surface area contributed by atoms with E-state index in [1.165, 1.54) is 0 Å². The van der Waals surface area contributed by atoms with Gasteiger partial charge in [-0.1, -0.05) is 18.2 Å². The number of carbonyl (C=O) groups is 1. The van der Waals surface area contributed by atoms with E-state index in [-0.39, 0.29) is 24.4 Å². The van der Waals surface area contributed by atoms with Crippen LogP contribution in [-0.4, -0.2) is 11.4 Å². The number of nitrogens with one attached hydrogen (secondary N) is 1. The third-order valence-corrected chi connectivity index (χ3v) is 3.46. The van der Waals surface area contributed by atoms with Crippen molar-refractivity contribution in [2.45, 2.75) is 31.3 Å². The number of amides is 1. The standard InChI is InChI=1S/C14H16N2O2.ClH/c1-9(16-13(17)14(15)6-7-14)12-8-10-4-2-3-5-11(10)18-12;/h2-5,8-9H,6-7,15H2,1H3,(H,16,17);1H. The van der Waals surface area contributed by atoms with Gasteiger partial charge in [0.05, 0.1) is 11.6 Å². The van der Waals surface area contributed by atoms with E-state index in [1.807, 2.05) is 37.3 Å². The fourth-order valence-corrected chi connectivity index (χ4v) is 1.99. The van der Waals surface area contributed by atoms with Crippen LogP contribution in [0, 0.1) is 0 Å². The Labute approximate surface area is 117 Å². The summed E-state index contributed by atoms with van der Waals surface area (Å²) in [4.78, 5) is 11.8. The summed E-state index contributed by atoms with van der Waals surface area (Å²) in [5.74, 6) is 0.671. The van der Waals surface area contributed by atoms with Gasteiger partial charge in [0.15, 0.2) is 0 Å². The third kappa shape index (κ3) is 2.60. The number of hydrogen-bond donors (Lipinski definition) is 2. The number of para-hydroxylation sites is 1. The smallest absolute Gasteiger partial charge is 0.240 e. The molecule has 102 valence electrons. The largest absolute Gasteiger partial charge is 0.459 e. The van der Waals surface area contributed by atoms with Crippen LogP contribution in [0.1, 0.15) is 31.6 Å². The first-order chi connectivity index (χ1) is 8.58. The van der Waals surface area contributed by atoms with Gasteiger partial charge in [0.2, 0.25) is 5.91 Å². The molecule has 1 aromatic heterocycles. The highest BCUT2D eigenvalue weighted by molar-refractivity contribution is 5.89. The number of hydrogen-bond acceptors (Lipinski definition) is 3. The van der Waals surface area contributed by atoms with Crippen LogP contribution in [0.25, 0.3) is 11.0 Å². The molecule has 1 fully saturated rings. The van der Waals surface area contributed by atoms with Crippen molar-refractivity contribution >= 4 is 29.3 Å². The van der Waals surface area contributed by atoms with E-state index in [1.54, 1.807) is 0 Å². The zero-order chi connectivity index (χ0) is 12.8. The molecule has 0 saturated heterocycles. The van der Waals surface area contributed by atoms with Crippen LogP contribution in [0.3, 0.4) is 0 Å². The monoisotopic (exact) mass is 280 g/mol. The van der Waals surface area contributed by atoms with Gasteiger partial charge in [-0.05, 0) is 31.9 Å². The highest BCUT2D eigenvalue weighted by atomic mass is 35.5. The average Bonchev–Trinajstić information content (AvgIpc) is 2.96. The molecular formula is C14H17ClN2O2. The van der Waals surface area contributed by atoms with Gasteiger partial charge in [-0.3, -0.25) is 4.79 Å². The minimum Gasteiger partial charge on any atom is -0.459 e. The molecule has 1 amide bonds. The SMILES string of the molecule is CC(NC(=O)C1(N)CC1)c1cc2ccccc2o1.Cl. The minimum atomic E-state index is -0.639. The Morgan fingerprint density at radius 1 is 1.42 bits per heavy atom. The molecule has 0 radical (unpaired) electrons. The molecule has 4 nitrogen and oxygen atoms in total. The molecule has 0 aliphatic heterocycles. The van der Waals surface area contributed by atoms with Crippen LogP contribution in [0.15, 0.2) is 34.7 Å². The molecule has 1 aliphatic rings. The molecular weight excluding hydrogens is 264 g/mol. The van der Waals surface area contributed by atoms with E-state index in [0.29, 0.717) is 0 Å². The van der Waals surface area contributed by atoms with Crippen LogP contribution in [-0.2, 0) is 4.79 Å². The summed E-state index contributed by atoms with van der Waals surface area (Å²) in [5, 5.41) is 3.95. The molecule has 0 bridgehead atoms. The topological polar surface area (TPSA) is 68.3 Å². The molecule has 0 spiro atoms. The Morgan fingerprint density at radius 2 is 2.11 bits per heavy atom. The average molecular weight is 281 g/mol. The predicted octanol–water partition coefficient (Wildman–Crippen LogP) is 2.52. The van der Waals surface area contributed by atoms with Crippen molar-refractivity contribution in [3.63, 3.8) is 0 Å². The van der Waals surface area contributed by atoms with Crippen LogP contribution in [0.5, 0.6) is 0 Å². The number of rotatable bonds is 3. The van der Waals surface area contributed by atoms with Crippen molar-refractivity contribution in [3.8, 4) is 0 Å². The van der Waals surface area contributed by atoms with Gasteiger partial charge in [0, 0.05) is 5.39 Å². The molecule has 19 heavy (non-hydrogen) atoms. The molecule has 1 aromatic carbocycles. The van der Waals surface area contributed by atoms with E-state index >= 15 is 0 Å². The summed E-state index contributed by atoms with van der Waals surface area (Å²) in [5.41, 5.74) is 6.05. The Balaban J connectivity index is 0.00000133. The molecule has 2 aromatic rings. The maximum absolute atomic E-state index is 11.8. The van der Waals surface area contributed by atoms with E-state index in [2.05, 4.69) is 5.32 Å². The molecule has 1 unspecified atom stereocenters. The van der Waals surface area contributed by atoms with Gasteiger partial charge >= 0.3 is 0 Å². The number of fused-ring (bicyclic) bond motifs is 1. The van der Waals surface area contributed by atoms with Gasteiger partial charge in [-0.2, -0.15) is 0 Å². The van der Waals surface area contributed by atoms with Crippen LogP contribution < -0.4 is 11.1 Å². The number of benzene rings is 1. The first kappa shape index (κ1) is 13.9. The van der Waals surface area contributed by atoms with Gasteiger partial charge in [-0.15, -0.1) is 12.4 Å². The second-order valence-electron chi connectivity index (χ2n) is 5.04. The van der Waals surface area contributed by atoms with Crippen molar-refractivity contribution in [1.82, 2.24) is 5.32 Å². The fourth-order valence-electron chi connectivity index (χ4n) is 1.99. The third-order valence-electron chi connectivity index (χ3n) is 3.46. The predicted molar refractivity (Wildman–Crippen MR) is 76.2 cm³/mol. The Kier molecular flexibility index (Phi) is 3.56. The summed E-state index contributed by atoms with van der Waals surface area (Å²) >= 11 is 0. The summed E-state index contributed by atoms with van der Waals surface area (Å²) in [6.45, 7) is 1.90. The molecule has 3 rings (SSSR count). The first-order valence-corrected chi connectivity index (χ1v) is 6.17. The summed E-state index contributed by atoms with van der Waals surface area (Å²) in [7, 11) is 0. The van der Waals surface area contributed by atoms with Crippen molar-refractivity contribution in [2.24, 2.45) is 5.73 Å². The van der Waals surface area contributed by atoms with Crippen LogP contribution in [0.4, 0.5) is 0 Å². The van der Waals surface area contributed by atoms with E-state index in [9.17, 15) is 4.79 Å². The highest BCUT2D eigenvalue weighted by Crippen LogP contribution is 2.33. The van der Waals surface area contributed by atoms with Crippen molar-refractivity contribution in [3.05, 3.63) is 36.1 Å². The molecule has 1 heterocycles. The lowest BCUT2D eigenvalue weighted by Crippen LogP contribution is -2.43. The van der Waals surface area contributed by atoms with Crippen molar-refractivity contribution in [1.29, 1.82) is 0 Å². The van der Waals surface area contributed by atoms with Gasteiger partial charge in [0.1, 0.15) is 11.3 Å². The Hall–Kier alpha value is -1.52. The molecule has 3 N–H and O–H groups in total. The molecule has 5 heteroatoms. The maximum atomic E-state index is 11.8. The quantitative estimate of drug-likeness (QED) is 0.908. The summed E-state index contributed by atoms with van der Waals surface area (Å²) < 4.78 is 5.71. The molecule has 1 saturated carbocycles. The minimum absolute atomic E-state index is 0. The van der Waals surface area contributed by atoms with E-state index in [0.717, 1.165) is 29.6 Å². The Bertz CT molecular complexity index is 571. The number of nitrogens with two attached hydrogens (primary N) is 1. The molecule has 1 aliphatic carbocycles. The highest BCUT2D eigenvalue weighted by Gasteiger charge is 2.46. The Morgan fingerprint density at radius 3 is 2.74 bits per heavy atom. The lowest BCUT2D eigenvalue weighted by atomic mass is 10.2. The van der Waals surface area contributed by atoms with Crippen molar-refractivity contribution < 1.29 is 9.21 Å². The zero-order valence-corrected chi connectivity index (χ0v) is 11.5. The van der Waals surface area contributed by atoms with E-state index < -0.39 is 5.54 Å². The summed E-state index contributed by atoms with van der Waals surface area (Å²) in [6, 6.07) is 9.59. The lowest BCUT2D eigenvalue weighted by molar-refractivity contribution is -0.124. The van der Waals surface area contributed by atoms with Gasteiger partial charge in [0.25, 0.3) is 0 Å². The first-order valence-electron chi connectivity index (χ1n) is 6.17. The molecule has 1 atom stereocenters. The normalized spacial score (nSPS) is 17.6.